The van der Waals surface area contributed by atoms with Crippen LogP contribution in [-0.4, -0.2) is 11.5 Å². The molecular weight excluding hydrogens is 172 g/mol. The molecule has 1 N–H and O–H groups in total. The Labute approximate surface area is 85.7 Å². The summed E-state index contributed by atoms with van der Waals surface area (Å²) in [6.45, 7) is 3.29. The molecule has 2 rings (SSSR count). The number of rotatable bonds is 2. The van der Waals surface area contributed by atoms with E-state index in [9.17, 15) is 0 Å². The number of nitrogens with zero attached hydrogens (tertiary/aromatic N) is 1. The topological polar surface area (TPSA) is 24.9 Å². The molecule has 14 heavy (non-hydrogen) atoms. The minimum Gasteiger partial charge on any atom is -0.310 e. The van der Waals surface area contributed by atoms with E-state index in [0.717, 1.165) is 13.0 Å². The molecule has 2 heteroatoms. The second-order valence-corrected chi connectivity index (χ2v) is 3.94. The van der Waals surface area contributed by atoms with Crippen molar-refractivity contribution in [2.75, 3.05) is 6.54 Å². The van der Waals surface area contributed by atoms with Gasteiger partial charge < -0.3 is 5.32 Å². The summed E-state index contributed by atoms with van der Waals surface area (Å²) in [6.07, 6.45) is 6.97. The van der Waals surface area contributed by atoms with E-state index in [1.165, 1.54) is 30.5 Å². The van der Waals surface area contributed by atoms with E-state index < -0.39 is 0 Å². The SMILES string of the molecule is CCc1ccc(C2CCCCN2)cn1. The Balaban J connectivity index is 2.07. The Kier molecular flexibility index (Phi) is 3.14. The average Bonchev–Trinajstić information content (AvgIpc) is 2.30. The van der Waals surface area contributed by atoms with Crippen molar-refractivity contribution in [2.45, 2.75) is 38.6 Å². The first-order valence-corrected chi connectivity index (χ1v) is 5.58. The second-order valence-electron chi connectivity index (χ2n) is 3.94. The van der Waals surface area contributed by atoms with Crippen LogP contribution in [0.5, 0.6) is 0 Å². The van der Waals surface area contributed by atoms with Crippen molar-refractivity contribution in [3.8, 4) is 0 Å². The molecule has 1 atom stereocenters. The molecule has 0 spiro atoms. The van der Waals surface area contributed by atoms with E-state index in [4.69, 9.17) is 0 Å². The third kappa shape index (κ3) is 2.13. The van der Waals surface area contributed by atoms with Gasteiger partial charge in [-0.3, -0.25) is 4.98 Å². The van der Waals surface area contributed by atoms with Crippen LogP contribution in [0.4, 0.5) is 0 Å². The molecule has 1 aliphatic rings. The lowest BCUT2D eigenvalue weighted by molar-refractivity contribution is 0.411. The third-order valence-corrected chi connectivity index (χ3v) is 2.92. The molecule has 2 heterocycles. The maximum Gasteiger partial charge on any atom is 0.0401 e. The molecule has 2 nitrogen and oxygen atoms in total. The zero-order chi connectivity index (χ0) is 9.80. The maximum atomic E-state index is 4.43. The molecule has 0 saturated carbocycles. The molecule has 1 saturated heterocycles. The Morgan fingerprint density at radius 1 is 1.43 bits per heavy atom. The molecule has 1 unspecified atom stereocenters. The van der Waals surface area contributed by atoms with Crippen molar-refractivity contribution in [1.29, 1.82) is 0 Å². The van der Waals surface area contributed by atoms with Crippen molar-refractivity contribution in [3.63, 3.8) is 0 Å². The van der Waals surface area contributed by atoms with Gasteiger partial charge in [-0.25, -0.2) is 0 Å². The second kappa shape index (κ2) is 4.56. The highest BCUT2D eigenvalue weighted by Crippen LogP contribution is 2.22. The van der Waals surface area contributed by atoms with Crippen LogP contribution in [0.3, 0.4) is 0 Å². The monoisotopic (exact) mass is 190 g/mol. The minimum atomic E-state index is 0.544. The number of hydrogen-bond donors (Lipinski definition) is 1. The fraction of sp³-hybridized carbons (Fsp3) is 0.583. The first kappa shape index (κ1) is 9.66. The van der Waals surface area contributed by atoms with Gasteiger partial charge in [-0.1, -0.05) is 19.4 Å². The molecule has 0 amide bonds. The van der Waals surface area contributed by atoms with Gasteiger partial charge in [0, 0.05) is 17.9 Å². The van der Waals surface area contributed by atoms with Gasteiger partial charge in [0.05, 0.1) is 0 Å². The van der Waals surface area contributed by atoms with Crippen LogP contribution >= 0.6 is 0 Å². The summed E-state index contributed by atoms with van der Waals surface area (Å²) in [4.78, 5) is 4.43. The van der Waals surface area contributed by atoms with Gasteiger partial charge in [-0.05, 0) is 37.4 Å². The quantitative estimate of drug-likeness (QED) is 0.775. The number of aryl methyl sites for hydroxylation is 1. The van der Waals surface area contributed by atoms with Gasteiger partial charge in [0.2, 0.25) is 0 Å². The molecular formula is C12H18N2. The van der Waals surface area contributed by atoms with E-state index in [0.29, 0.717) is 6.04 Å². The molecule has 0 radical (unpaired) electrons. The van der Waals surface area contributed by atoms with E-state index in [-0.39, 0.29) is 0 Å². The van der Waals surface area contributed by atoms with Crippen molar-refractivity contribution in [3.05, 3.63) is 29.6 Å². The largest absolute Gasteiger partial charge is 0.310 e. The van der Waals surface area contributed by atoms with Gasteiger partial charge in [-0.15, -0.1) is 0 Å². The average molecular weight is 190 g/mol. The Bertz CT molecular complexity index is 273. The molecule has 1 aliphatic heterocycles. The first-order valence-electron chi connectivity index (χ1n) is 5.58. The van der Waals surface area contributed by atoms with Crippen LogP contribution in [0.25, 0.3) is 0 Å². The summed E-state index contributed by atoms with van der Waals surface area (Å²) >= 11 is 0. The third-order valence-electron chi connectivity index (χ3n) is 2.92. The van der Waals surface area contributed by atoms with Crippen LogP contribution in [-0.2, 0) is 6.42 Å². The smallest absolute Gasteiger partial charge is 0.0401 e. The van der Waals surface area contributed by atoms with E-state index in [1.54, 1.807) is 0 Å². The number of nitrogens with one attached hydrogen (secondary N) is 1. The lowest BCUT2D eigenvalue weighted by Crippen LogP contribution is -2.26. The van der Waals surface area contributed by atoms with E-state index >= 15 is 0 Å². The predicted octanol–water partition coefficient (Wildman–Crippen LogP) is 2.46. The molecule has 0 aromatic carbocycles. The highest BCUT2D eigenvalue weighted by molar-refractivity contribution is 5.18. The van der Waals surface area contributed by atoms with Crippen LogP contribution in [0.15, 0.2) is 18.3 Å². The van der Waals surface area contributed by atoms with Gasteiger partial charge in [0.25, 0.3) is 0 Å². The molecule has 0 bridgehead atoms. The van der Waals surface area contributed by atoms with Crippen molar-refractivity contribution in [2.24, 2.45) is 0 Å². The molecule has 1 aromatic rings. The molecule has 1 fully saturated rings. The standard InChI is InChI=1S/C12H18N2/c1-2-11-7-6-10(9-14-11)12-5-3-4-8-13-12/h6-7,9,12-13H,2-5,8H2,1H3. The summed E-state index contributed by atoms with van der Waals surface area (Å²) in [6, 6.07) is 4.91. The van der Waals surface area contributed by atoms with Gasteiger partial charge >= 0.3 is 0 Å². The van der Waals surface area contributed by atoms with Crippen LogP contribution < -0.4 is 5.32 Å². The highest BCUT2D eigenvalue weighted by Gasteiger charge is 2.14. The van der Waals surface area contributed by atoms with Crippen LogP contribution in [0.1, 0.15) is 43.5 Å². The molecule has 0 aliphatic carbocycles. The van der Waals surface area contributed by atoms with Crippen LogP contribution in [0, 0.1) is 0 Å². The Morgan fingerprint density at radius 3 is 2.93 bits per heavy atom. The number of hydrogen-bond acceptors (Lipinski definition) is 2. The minimum absolute atomic E-state index is 0.544. The number of aromatic nitrogens is 1. The Morgan fingerprint density at radius 2 is 2.36 bits per heavy atom. The highest BCUT2D eigenvalue weighted by atomic mass is 14.9. The summed E-state index contributed by atoms with van der Waals surface area (Å²) in [5.41, 5.74) is 2.53. The predicted molar refractivity (Wildman–Crippen MR) is 58.2 cm³/mol. The summed E-state index contributed by atoms with van der Waals surface area (Å²) in [5, 5.41) is 3.53. The maximum absolute atomic E-state index is 4.43. The van der Waals surface area contributed by atoms with Gasteiger partial charge in [-0.2, -0.15) is 0 Å². The van der Waals surface area contributed by atoms with Gasteiger partial charge in [0.15, 0.2) is 0 Å². The molecule has 1 aromatic heterocycles. The number of piperidine rings is 1. The first-order chi connectivity index (χ1) is 6.90. The zero-order valence-electron chi connectivity index (χ0n) is 8.79. The lowest BCUT2D eigenvalue weighted by Gasteiger charge is -2.23. The Hall–Kier alpha value is -0.890. The summed E-state index contributed by atoms with van der Waals surface area (Å²) in [7, 11) is 0. The van der Waals surface area contributed by atoms with Crippen molar-refractivity contribution < 1.29 is 0 Å². The van der Waals surface area contributed by atoms with Crippen LogP contribution in [0.2, 0.25) is 0 Å². The van der Waals surface area contributed by atoms with E-state index in [1.807, 2.05) is 6.20 Å². The van der Waals surface area contributed by atoms with Gasteiger partial charge in [0.1, 0.15) is 0 Å². The van der Waals surface area contributed by atoms with Crippen molar-refractivity contribution >= 4 is 0 Å². The zero-order valence-corrected chi connectivity index (χ0v) is 8.79. The summed E-state index contributed by atoms with van der Waals surface area (Å²) < 4.78 is 0. The fourth-order valence-electron chi connectivity index (χ4n) is 1.99. The number of pyridine rings is 1. The molecule has 76 valence electrons. The van der Waals surface area contributed by atoms with Crippen molar-refractivity contribution in [1.82, 2.24) is 10.3 Å². The lowest BCUT2D eigenvalue weighted by atomic mass is 9.99. The normalized spacial score (nSPS) is 22.2. The fourth-order valence-corrected chi connectivity index (χ4v) is 1.99. The van der Waals surface area contributed by atoms with E-state index in [2.05, 4.69) is 29.4 Å². The summed E-state index contributed by atoms with van der Waals surface area (Å²) in [5.74, 6) is 0.